The summed E-state index contributed by atoms with van der Waals surface area (Å²) >= 11 is 1.42. The zero-order valence-corrected chi connectivity index (χ0v) is 12.5. The molecule has 0 unspecified atom stereocenters. The van der Waals surface area contributed by atoms with E-state index in [9.17, 15) is 4.79 Å². The highest BCUT2D eigenvalue weighted by Crippen LogP contribution is 2.26. The first-order valence-corrected chi connectivity index (χ1v) is 7.42. The van der Waals surface area contributed by atoms with Gasteiger partial charge in [-0.2, -0.15) is 0 Å². The average molecular weight is 302 g/mol. The quantitative estimate of drug-likeness (QED) is 0.717. The van der Waals surface area contributed by atoms with Gasteiger partial charge < -0.3 is 14.5 Å². The highest BCUT2D eigenvalue weighted by molar-refractivity contribution is 7.98. The van der Waals surface area contributed by atoms with Gasteiger partial charge in [0.25, 0.3) is 0 Å². The minimum atomic E-state index is -0.977. The Labute approximate surface area is 125 Å². The summed E-state index contributed by atoms with van der Waals surface area (Å²) in [5, 5.41) is 9.79. The van der Waals surface area contributed by atoms with E-state index in [1.807, 2.05) is 6.07 Å². The average Bonchev–Trinajstić information content (AvgIpc) is 3.03. The Morgan fingerprint density at radius 1 is 1.38 bits per heavy atom. The Bertz CT molecular complexity index is 781. The number of aromatic amines is 1. The molecule has 2 N–H and O–H groups in total. The van der Waals surface area contributed by atoms with Crippen LogP contribution in [0.15, 0.2) is 34.0 Å². The fourth-order valence-corrected chi connectivity index (χ4v) is 2.93. The van der Waals surface area contributed by atoms with E-state index in [2.05, 4.69) is 29.9 Å². The summed E-state index contributed by atoms with van der Waals surface area (Å²) in [4.78, 5) is 18.8. The number of furan rings is 1. The topological polar surface area (TPSA) is 79.1 Å². The number of carboxylic acids is 1. The SMILES string of the molecule is Cc1cc2nc(SCc3occc3C(=O)O)[nH]c2cc1C. The van der Waals surface area contributed by atoms with Crippen LogP contribution in [-0.2, 0) is 5.75 Å². The van der Waals surface area contributed by atoms with Crippen molar-refractivity contribution in [3.63, 3.8) is 0 Å². The number of carboxylic acid groups (broad SMARTS) is 1. The van der Waals surface area contributed by atoms with Gasteiger partial charge in [0.15, 0.2) is 5.16 Å². The third-order valence-electron chi connectivity index (χ3n) is 3.39. The Morgan fingerprint density at radius 2 is 2.14 bits per heavy atom. The summed E-state index contributed by atoms with van der Waals surface area (Å²) in [6.07, 6.45) is 1.39. The molecule has 0 saturated carbocycles. The van der Waals surface area contributed by atoms with Crippen LogP contribution in [0.1, 0.15) is 27.2 Å². The van der Waals surface area contributed by atoms with Crippen LogP contribution in [0.3, 0.4) is 0 Å². The van der Waals surface area contributed by atoms with Gasteiger partial charge in [-0.1, -0.05) is 11.8 Å². The summed E-state index contributed by atoms with van der Waals surface area (Å²) in [6, 6.07) is 5.57. The van der Waals surface area contributed by atoms with Crippen molar-refractivity contribution >= 4 is 28.8 Å². The van der Waals surface area contributed by atoms with Gasteiger partial charge in [0.05, 0.1) is 23.0 Å². The zero-order valence-electron chi connectivity index (χ0n) is 11.6. The lowest BCUT2D eigenvalue weighted by Gasteiger charge is -1.97. The van der Waals surface area contributed by atoms with Crippen LogP contribution in [0, 0.1) is 13.8 Å². The maximum Gasteiger partial charge on any atom is 0.339 e. The van der Waals surface area contributed by atoms with Crippen LogP contribution in [0.25, 0.3) is 11.0 Å². The van der Waals surface area contributed by atoms with Crippen molar-refractivity contribution in [1.82, 2.24) is 9.97 Å². The number of hydrogen-bond donors (Lipinski definition) is 2. The summed E-state index contributed by atoms with van der Waals surface area (Å²) in [7, 11) is 0. The summed E-state index contributed by atoms with van der Waals surface area (Å²) in [5.41, 5.74) is 4.51. The molecule has 3 aromatic rings. The first kappa shape index (κ1) is 13.8. The van der Waals surface area contributed by atoms with Crippen LogP contribution in [0.2, 0.25) is 0 Å². The lowest BCUT2D eigenvalue weighted by atomic mass is 10.1. The molecule has 2 aromatic heterocycles. The second-order valence-electron chi connectivity index (χ2n) is 4.85. The third kappa shape index (κ3) is 2.67. The number of carbonyl (C=O) groups is 1. The third-order valence-corrected chi connectivity index (χ3v) is 4.26. The second kappa shape index (κ2) is 5.29. The van der Waals surface area contributed by atoms with Crippen LogP contribution in [-0.4, -0.2) is 21.0 Å². The van der Waals surface area contributed by atoms with Crippen LogP contribution < -0.4 is 0 Å². The van der Waals surface area contributed by atoms with Crippen molar-refractivity contribution in [3.8, 4) is 0 Å². The van der Waals surface area contributed by atoms with E-state index in [1.54, 1.807) is 0 Å². The minimum absolute atomic E-state index is 0.199. The van der Waals surface area contributed by atoms with Crippen LogP contribution >= 0.6 is 11.8 Å². The van der Waals surface area contributed by atoms with E-state index < -0.39 is 5.97 Å². The molecule has 0 bridgehead atoms. The van der Waals surface area contributed by atoms with Gasteiger partial charge in [0, 0.05) is 0 Å². The van der Waals surface area contributed by atoms with Gasteiger partial charge in [-0.15, -0.1) is 0 Å². The molecule has 6 heteroatoms. The molecule has 0 aliphatic rings. The fourth-order valence-electron chi connectivity index (χ4n) is 2.09. The van der Waals surface area contributed by atoms with Gasteiger partial charge in [-0.05, 0) is 43.2 Å². The molecule has 1 aromatic carbocycles. The van der Waals surface area contributed by atoms with Crippen molar-refractivity contribution in [2.45, 2.75) is 24.8 Å². The Balaban J connectivity index is 1.82. The largest absolute Gasteiger partial charge is 0.478 e. The predicted octanol–water partition coefficient (Wildman–Crippen LogP) is 3.76. The lowest BCUT2D eigenvalue weighted by Crippen LogP contribution is -1.97. The number of nitrogens with zero attached hydrogens (tertiary/aromatic N) is 1. The van der Waals surface area contributed by atoms with E-state index in [4.69, 9.17) is 9.52 Å². The number of aryl methyl sites for hydroxylation is 2. The van der Waals surface area contributed by atoms with Gasteiger partial charge >= 0.3 is 5.97 Å². The van der Waals surface area contributed by atoms with Crippen molar-refractivity contribution in [3.05, 3.63) is 46.9 Å². The molecular weight excluding hydrogens is 288 g/mol. The number of benzene rings is 1. The Kier molecular flexibility index (Phi) is 3.47. The van der Waals surface area contributed by atoms with Crippen molar-refractivity contribution in [1.29, 1.82) is 0 Å². The maximum atomic E-state index is 11.0. The minimum Gasteiger partial charge on any atom is -0.478 e. The lowest BCUT2D eigenvalue weighted by molar-refractivity contribution is 0.0695. The highest BCUT2D eigenvalue weighted by Gasteiger charge is 2.14. The first-order chi connectivity index (χ1) is 10.0. The second-order valence-corrected chi connectivity index (χ2v) is 5.81. The van der Waals surface area contributed by atoms with Gasteiger partial charge in [0.1, 0.15) is 11.3 Å². The van der Waals surface area contributed by atoms with E-state index >= 15 is 0 Å². The maximum absolute atomic E-state index is 11.0. The number of hydrogen-bond acceptors (Lipinski definition) is 4. The molecule has 0 fully saturated rings. The number of thioether (sulfide) groups is 1. The molecule has 0 aliphatic carbocycles. The van der Waals surface area contributed by atoms with Gasteiger partial charge in [-0.3, -0.25) is 0 Å². The molecule has 0 radical (unpaired) electrons. The van der Waals surface area contributed by atoms with E-state index in [0.29, 0.717) is 11.5 Å². The van der Waals surface area contributed by atoms with Crippen molar-refractivity contribution in [2.24, 2.45) is 0 Å². The molecule has 0 atom stereocenters. The van der Waals surface area contributed by atoms with Crippen LogP contribution in [0.4, 0.5) is 0 Å². The van der Waals surface area contributed by atoms with Gasteiger partial charge in [0.2, 0.25) is 0 Å². The normalized spacial score (nSPS) is 11.1. The monoisotopic (exact) mass is 302 g/mol. The molecule has 108 valence electrons. The molecule has 0 spiro atoms. The highest BCUT2D eigenvalue weighted by atomic mass is 32.2. The van der Waals surface area contributed by atoms with Crippen LogP contribution in [0.5, 0.6) is 0 Å². The summed E-state index contributed by atoms with van der Waals surface area (Å²) in [6.45, 7) is 4.11. The summed E-state index contributed by atoms with van der Waals surface area (Å²) < 4.78 is 5.22. The standard InChI is InChI=1S/C15H14N2O3S/c1-8-5-11-12(6-9(8)2)17-15(16-11)21-7-13-10(14(18)19)3-4-20-13/h3-6H,7H2,1-2H3,(H,16,17)(H,18,19). The van der Waals surface area contributed by atoms with E-state index in [-0.39, 0.29) is 5.56 Å². The van der Waals surface area contributed by atoms with E-state index in [0.717, 1.165) is 16.2 Å². The fraction of sp³-hybridized carbons (Fsp3) is 0.200. The number of aromatic carboxylic acids is 1. The molecule has 0 aliphatic heterocycles. The number of nitrogens with one attached hydrogen (secondary N) is 1. The number of imidazole rings is 1. The molecule has 0 saturated heterocycles. The zero-order chi connectivity index (χ0) is 15.0. The Morgan fingerprint density at radius 3 is 2.90 bits per heavy atom. The Hall–Kier alpha value is -2.21. The number of rotatable bonds is 4. The molecule has 5 nitrogen and oxygen atoms in total. The van der Waals surface area contributed by atoms with E-state index in [1.165, 1.54) is 35.2 Å². The van der Waals surface area contributed by atoms with Crippen molar-refractivity contribution < 1.29 is 14.3 Å². The molecule has 2 heterocycles. The molecule has 3 rings (SSSR count). The van der Waals surface area contributed by atoms with Gasteiger partial charge in [-0.25, -0.2) is 9.78 Å². The summed E-state index contributed by atoms with van der Waals surface area (Å²) in [5.74, 6) is -0.109. The smallest absolute Gasteiger partial charge is 0.339 e. The molecule has 0 amide bonds. The molecular formula is C15H14N2O3S. The number of fused-ring (bicyclic) bond motifs is 1. The number of aromatic nitrogens is 2. The predicted molar refractivity (Wildman–Crippen MR) is 80.8 cm³/mol. The first-order valence-electron chi connectivity index (χ1n) is 6.44. The van der Waals surface area contributed by atoms with Crippen molar-refractivity contribution in [2.75, 3.05) is 0 Å². The molecule has 21 heavy (non-hydrogen) atoms. The number of H-pyrrole nitrogens is 1.